The smallest absolute Gasteiger partial charge is 0.131 e. The molecule has 2 atom stereocenters. The average molecular weight is 735 g/mol. The maximum absolute atomic E-state index is 14.6. The zero-order valence-corrected chi connectivity index (χ0v) is 34.7. The van der Waals surface area contributed by atoms with Gasteiger partial charge in [-0.25, -0.2) is 13.2 Å². The van der Waals surface area contributed by atoms with Crippen molar-refractivity contribution in [2.45, 2.75) is 108 Å². The molecule has 2 unspecified atom stereocenters. The minimum absolute atomic E-state index is 0.00701. The van der Waals surface area contributed by atoms with E-state index in [1.165, 1.54) is 29.3 Å². The van der Waals surface area contributed by atoms with E-state index in [0.717, 1.165) is 42.4 Å². The van der Waals surface area contributed by atoms with Crippen molar-refractivity contribution in [3.05, 3.63) is 106 Å². The van der Waals surface area contributed by atoms with E-state index >= 15 is 0 Å². The second-order valence-corrected chi connectivity index (χ2v) is 13.2. The molecule has 3 aliphatic carbocycles. The lowest BCUT2D eigenvalue weighted by molar-refractivity contribution is 0.173. The quantitative estimate of drug-likeness (QED) is 0.208. The minimum Gasteiger partial charge on any atom is -0.497 e. The molecule has 3 aromatic carbocycles. The molecule has 0 radical (unpaired) electrons. The fourth-order valence-corrected chi connectivity index (χ4v) is 7.11. The zero-order valence-electron chi connectivity index (χ0n) is 34.7. The van der Waals surface area contributed by atoms with Crippen LogP contribution in [-0.2, 0) is 11.2 Å². The Morgan fingerprint density at radius 2 is 1.26 bits per heavy atom. The summed E-state index contributed by atoms with van der Waals surface area (Å²) in [6.45, 7) is 23.7. The first-order chi connectivity index (χ1) is 25.6. The molecule has 53 heavy (non-hydrogen) atoms. The number of rotatable bonds is 10. The second kappa shape index (κ2) is 21.8. The van der Waals surface area contributed by atoms with E-state index in [1.54, 1.807) is 32.4 Å². The number of allylic oxidation sites excluding steroid dienone is 4. The SMILES string of the molecule is CC.CC.CC.CCOCC1=C(c2cc(OC)ccc2F)C2CC2C(CC)=C1.CCc1cc(C2=CCCC2(C)C)c(-c2cc(OC)ccc2F)cc1F. The van der Waals surface area contributed by atoms with Crippen LogP contribution in [0.5, 0.6) is 11.5 Å². The Kier molecular flexibility index (Phi) is 18.7. The monoisotopic (exact) mass is 734 g/mol. The lowest BCUT2D eigenvalue weighted by Gasteiger charge is -2.25. The molecule has 0 aliphatic heterocycles. The maximum atomic E-state index is 14.6. The van der Waals surface area contributed by atoms with Gasteiger partial charge in [-0.05, 0) is 138 Å². The summed E-state index contributed by atoms with van der Waals surface area (Å²) in [4.78, 5) is 0. The summed E-state index contributed by atoms with van der Waals surface area (Å²) in [7, 11) is 3.16. The van der Waals surface area contributed by atoms with Crippen molar-refractivity contribution in [1.82, 2.24) is 0 Å². The van der Waals surface area contributed by atoms with Gasteiger partial charge in [0.25, 0.3) is 0 Å². The van der Waals surface area contributed by atoms with Gasteiger partial charge in [-0.1, -0.05) is 87.0 Å². The summed E-state index contributed by atoms with van der Waals surface area (Å²) in [5, 5.41) is 0. The Morgan fingerprint density at radius 3 is 1.77 bits per heavy atom. The number of halogens is 3. The van der Waals surface area contributed by atoms with Crippen molar-refractivity contribution in [2.24, 2.45) is 17.3 Å². The van der Waals surface area contributed by atoms with Crippen molar-refractivity contribution in [1.29, 1.82) is 0 Å². The van der Waals surface area contributed by atoms with Crippen molar-refractivity contribution < 1.29 is 27.4 Å². The van der Waals surface area contributed by atoms with Gasteiger partial charge < -0.3 is 14.2 Å². The first kappa shape index (κ1) is 45.4. The van der Waals surface area contributed by atoms with Crippen molar-refractivity contribution in [2.75, 3.05) is 27.4 Å². The highest BCUT2D eigenvalue weighted by molar-refractivity contribution is 5.85. The molecule has 0 saturated heterocycles. The molecule has 0 N–H and O–H groups in total. The van der Waals surface area contributed by atoms with Crippen LogP contribution >= 0.6 is 0 Å². The molecule has 292 valence electrons. The summed E-state index contributed by atoms with van der Waals surface area (Å²) in [6, 6.07) is 12.9. The molecule has 0 bridgehead atoms. The van der Waals surface area contributed by atoms with Crippen LogP contribution < -0.4 is 9.47 Å². The highest BCUT2D eigenvalue weighted by atomic mass is 19.1. The number of fused-ring (bicyclic) bond motifs is 1. The number of hydrogen-bond donors (Lipinski definition) is 0. The van der Waals surface area contributed by atoms with Gasteiger partial charge in [-0.3, -0.25) is 0 Å². The average Bonchev–Trinajstić information content (AvgIpc) is 3.91. The molecule has 1 saturated carbocycles. The minimum atomic E-state index is -0.373. The molecule has 0 aromatic heterocycles. The van der Waals surface area contributed by atoms with Crippen LogP contribution in [0.3, 0.4) is 0 Å². The third kappa shape index (κ3) is 10.9. The molecule has 0 amide bonds. The van der Waals surface area contributed by atoms with Crippen LogP contribution in [-0.4, -0.2) is 27.4 Å². The van der Waals surface area contributed by atoms with Crippen LogP contribution in [0.15, 0.2) is 71.8 Å². The second-order valence-electron chi connectivity index (χ2n) is 13.2. The first-order valence-corrected chi connectivity index (χ1v) is 19.8. The van der Waals surface area contributed by atoms with Crippen LogP contribution in [0.25, 0.3) is 22.3 Å². The van der Waals surface area contributed by atoms with Crippen LogP contribution in [0.2, 0.25) is 0 Å². The molecule has 3 aliphatic rings. The number of benzene rings is 3. The van der Waals surface area contributed by atoms with Gasteiger partial charge in [0.05, 0.1) is 20.8 Å². The van der Waals surface area contributed by atoms with E-state index in [1.807, 2.05) is 67.5 Å². The maximum Gasteiger partial charge on any atom is 0.131 e. The number of ether oxygens (including phenoxy) is 3. The van der Waals surface area contributed by atoms with Crippen LogP contribution in [0, 0.1) is 34.7 Å². The first-order valence-electron chi connectivity index (χ1n) is 19.8. The highest BCUT2D eigenvalue weighted by Gasteiger charge is 2.46. The molecule has 3 nitrogen and oxygen atoms in total. The van der Waals surface area contributed by atoms with Crippen molar-refractivity contribution >= 4 is 11.1 Å². The van der Waals surface area contributed by atoms with E-state index in [9.17, 15) is 13.2 Å². The van der Waals surface area contributed by atoms with E-state index < -0.39 is 0 Å². The summed E-state index contributed by atoms with van der Waals surface area (Å²) in [6.07, 6.45) is 9.26. The van der Waals surface area contributed by atoms with Gasteiger partial charge in [0.2, 0.25) is 0 Å². The molecule has 6 rings (SSSR count). The van der Waals surface area contributed by atoms with Crippen LogP contribution in [0.4, 0.5) is 13.2 Å². The number of methoxy groups -OCH3 is 2. The van der Waals surface area contributed by atoms with Gasteiger partial charge in [0.1, 0.15) is 29.0 Å². The molecule has 6 heteroatoms. The normalized spacial score (nSPS) is 17.5. The Balaban J connectivity index is 0.000000324. The van der Waals surface area contributed by atoms with Crippen LogP contribution in [0.1, 0.15) is 119 Å². The molecular weight excluding hydrogens is 670 g/mol. The fraction of sp³-hybridized carbons (Fsp3) is 0.489. The van der Waals surface area contributed by atoms with Gasteiger partial charge in [0, 0.05) is 17.7 Å². The molecule has 0 spiro atoms. The van der Waals surface area contributed by atoms with E-state index in [0.29, 0.717) is 65.2 Å². The third-order valence-corrected chi connectivity index (χ3v) is 9.84. The third-order valence-electron chi connectivity index (χ3n) is 9.84. The van der Waals surface area contributed by atoms with E-state index in [-0.39, 0.29) is 22.9 Å². The molecule has 1 fully saturated rings. The fourth-order valence-electron chi connectivity index (χ4n) is 7.11. The molecular formula is C47H65F3O3. The number of hydrogen-bond acceptors (Lipinski definition) is 3. The van der Waals surface area contributed by atoms with Crippen molar-refractivity contribution in [3.63, 3.8) is 0 Å². The van der Waals surface area contributed by atoms with Gasteiger partial charge in [0.15, 0.2) is 0 Å². The lowest BCUT2D eigenvalue weighted by atomic mass is 9.79. The van der Waals surface area contributed by atoms with Gasteiger partial charge in [-0.2, -0.15) is 0 Å². The largest absolute Gasteiger partial charge is 0.497 e. The summed E-state index contributed by atoms with van der Waals surface area (Å²) in [5.74, 6) is 1.45. The topological polar surface area (TPSA) is 27.7 Å². The van der Waals surface area contributed by atoms with Crippen molar-refractivity contribution in [3.8, 4) is 22.6 Å². The predicted molar refractivity (Wildman–Crippen MR) is 219 cm³/mol. The number of aryl methyl sites for hydroxylation is 1. The van der Waals surface area contributed by atoms with Gasteiger partial charge in [-0.15, -0.1) is 0 Å². The standard InChI is InChI=1S/C22H24F2O.C19H23FO2.3C2H6/c1-5-14-11-17(19-7-6-10-22(19,2)3)16(13-21(14)24)18-12-15(25-4)8-9-20(18)23;1-4-12-8-13(11-22-5-2)19(16-10-15(12)16)17-9-14(21-3)6-7-18(17)20;3*1-2/h7-9,11-13H,5-6,10H2,1-4H3;6-9,15-16H,4-5,10-11H2,1-3H3;3*1-2H3. The summed E-state index contributed by atoms with van der Waals surface area (Å²) < 4.78 is 59.6. The zero-order chi connectivity index (χ0) is 39.9. The Morgan fingerprint density at radius 1 is 0.679 bits per heavy atom. The van der Waals surface area contributed by atoms with Gasteiger partial charge >= 0.3 is 0 Å². The van der Waals surface area contributed by atoms with E-state index in [4.69, 9.17) is 14.2 Å². The Hall–Kier alpha value is -3.77. The predicted octanol–water partition coefficient (Wildman–Crippen LogP) is 14.1. The molecule has 0 heterocycles. The summed E-state index contributed by atoms with van der Waals surface area (Å²) >= 11 is 0. The Bertz CT molecular complexity index is 1720. The molecule has 3 aromatic rings. The van der Waals surface area contributed by atoms with E-state index in [2.05, 4.69) is 32.9 Å². The lowest BCUT2D eigenvalue weighted by Crippen LogP contribution is -2.10. The Labute approximate surface area is 319 Å². The highest BCUT2D eigenvalue weighted by Crippen LogP contribution is 2.57. The summed E-state index contributed by atoms with van der Waals surface area (Å²) in [5.41, 5.74) is 8.11.